The second kappa shape index (κ2) is 5.32. The number of nitrogens with zero attached hydrogens (tertiary/aromatic N) is 1. The lowest BCUT2D eigenvalue weighted by atomic mass is 9.96. The van der Waals surface area contributed by atoms with Crippen LogP contribution in [-0.4, -0.2) is 24.5 Å². The summed E-state index contributed by atoms with van der Waals surface area (Å²) >= 11 is 5.96. The molecule has 7 heteroatoms. The van der Waals surface area contributed by atoms with Crippen LogP contribution in [0.4, 0.5) is 0 Å². The highest BCUT2D eigenvalue weighted by atomic mass is 35.5. The van der Waals surface area contributed by atoms with Crippen LogP contribution in [0.15, 0.2) is 47.6 Å². The van der Waals surface area contributed by atoms with E-state index in [0.717, 1.165) is 5.56 Å². The smallest absolute Gasteiger partial charge is 0.258 e. The number of aromatic amines is 1. The largest absolute Gasteiger partial charge is 0.266 e. The Bertz CT molecular complexity index is 628. The molecule has 0 saturated carbocycles. The van der Waals surface area contributed by atoms with Gasteiger partial charge in [0.1, 0.15) is 0 Å². The minimum atomic E-state index is -3.69. The molecule has 19 heavy (non-hydrogen) atoms. The van der Waals surface area contributed by atoms with Crippen molar-refractivity contribution in [1.82, 2.24) is 14.9 Å². The van der Waals surface area contributed by atoms with Crippen LogP contribution in [0.5, 0.6) is 0 Å². The van der Waals surface area contributed by atoms with Crippen LogP contribution < -0.4 is 4.72 Å². The van der Waals surface area contributed by atoms with Crippen molar-refractivity contribution in [2.45, 2.75) is 17.5 Å². The van der Waals surface area contributed by atoms with E-state index < -0.39 is 15.6 Å². The molecule has 102 valence electrons. The van der Waals surface area contributed by atoms with Crippen LogP contribution in [0.3, 0.4) is 0 Å². The van der Waals surface area contributed by atoms with Crippen molar-refractivity contribution in [2.24, 2.45) is 0 Å². The number of hydrogen-bond acceptors (Lipinski definition) is 3. The molecule has 0 saturated heterocycles. The van der Waals surface area contributed by atoms with Crippen LogP contribution in [0, 0.1) is 0 Å². The van der Waals surface area contributed by atoms with Gasteiger partial charge < -0.3 is 0 Å². The predicted octanol–water partition coefficient (Wildman–Crippen LogP) is 1.84. The second-order valence-electron chi connectivity index (χ2n) is 4.36. The molecule has 0 amide bonds. The number of rotatable bonds is 5. The third-order valence-corrected chi connectivity index (χ3v) is 4.86. The van der Waals surface area contributed by atoms with Crippen molar-refractivity contribution in [2.75, 3.05) is 5.88 Å². The summed E-state index contributed by atoms with van der Waals surface area (Å²) in [5, 5.41) is 6.09. The van der Waals surface area contributed by atoms with Crippen molar-refractivity contribution < 1.29 is 8.42 Å². The normalized spacial score (nSPS) is 15.1. The quantitative estimate of drug-likeness (QED) is 0.827. The van der Waals surface area contributed by atoms with Gasteiger partial charge in [0.05, 0.1) is 11.7 Å². The topological polar surface area (TPSA) is 74.8 Å². The summed E-state index contributed by atoms with van der Waals surface area (Å²) < 4.78 is 27.0. The zero-order chi connectivity index (χ0) is 13.9. The molecule has 0 fully saturated rings. The van der Waals surface area contributed by atoms with Crippen LogP contribution in [-0.2, 0) is 15.6 Å². The standard InChI is InChI=1S/C12H14ClN3O2S/c1-12(9-13,10-5-3-2-4-6-10)16-19(17,18)11-7-8-14-15-11/h2-8,16H,9H2,1H3,(H,14,15). The number of nitrogens with one attached hydrogen (secondary N) is 2. The van der Waals surface area contributed by atoms with Crippen molar-refractivity contribution in [1.29, 1.82) is 0 Å². The van der Waals surface area contributed by atoms with Crippen LogP contribution in [0.1, 0.15) is 12.5 Å². The predicted molar refractivity (Wildman–Crippen MR) is 73.4 cm³/mol. The zero-order valence-corrected chi connectivity index (χ0v) is 11.9. The Kier molecular flexibility index (Phi) is 3.93. The molecular weight excluding hydrogens is 286 g/mol. The lowest BCUT2D eigenvalue weighted by Gasteiger charge is -2.28. The van der Waals surface area contributed by atoms with Gasteiger partial charge in [0.25, 0.3) is 10.0 Å². The molecule has 0 aliphatic rings. The summed E-state index contributed by atoms with van der Waals surface area (Å²) in [4.78, 5) is 0. The first kappa shape index (κ1) is 14.0. The van der Waals surface area contributed by atoms with Gasteiger partial charge in [0.15, 0.2) is 5.03 Å². The van der Waals surface area contributed by atoms with E-state index in [1.807, 2.05) is 30.3 Å². The Morgan fingerprint density at radius 1 is 1.32 bits per heavy atom. The minimum Gasteiger partial charge on any atom is -0.266 e. The molecule has 1 aromatic carbocycles. The maximum absolute atomic E-state index is 12.2. The van der Waals surface area contributed by atoms with Gasteiger partial charge in [-0.15, -0.1) is 11.6 Å². The molecule has 1 unspecified atom stereocenters. The van der Waals surface area contributed by atoms with E-state index in [1.165, 1.54) is 12.3 Å². The third-order valence-electron chi connectivity index (χ3n) is 2.80. The van der Waals surface area contributed by atoms with Crippen molar-refractivity contribution in [3.05, 3.63) is 48.2 Å². The summed E-state index contributed by atoms with van der Waals surface area (Å²) in [5.41, 5.74) is -0.0830. The molecule has 1 aromatic heterocycles. The van der Waals surface area contributed by atoms with Crippen molar-refractivity contribution in [3.8, 4) is 0 Å². The lowest BCUT2D eigenvalue weighted by Crippen LogP contribution is -2.45. The third kappa shape index (κ3) is 2.97. The fraction of sp³-hybridized carbons (Fsp3) is 0.250. The zero-order valence-electron chi connectivity index (χ0n) is 10.3. The molecule has 2 aromatic rings. The summed E-state index contributed by atoms with van der Waals surface area (Å²) in [6.45, 7) is 1.74. The molecule has 5 nitrogen and oxygen atoms in total. The molecule has 0 spiro atoms. The van der Waals surface area contributed by atoms with Gasteiger partial charge in [0, 0.05) is 5.88 Å². The molecule has 2 rings (SSSR count). The van der Waals surface area contributed by atoms with E-state index >= 15 is 0 Å². The van der Waals surface area contributed by atoms with Crippen LogP contribution in [0.2, 0.25) is 0 Å². The maximum atomic E-state index is 12.2. The monoisotopic (exact) mass is 299 g/mol. The molecule has 1 heterocycles. The summed E-state index contributed by atoms with van der Waals surface area (Å²) in [6, 6.07) is 10.6. The SMILES string of the molecule is CC(CCl)(NS(=O)(=O)c1ccn[nH]1)c1ccccc1. The van der Waals surface area contributed by atoms with Crippen molar-refractivity contribution in [3.63, 3.8) is 0 Å². The van der Waals surface area contributed by atoms with Gasteiger partial charge in [0.2, 0.25) is 0 Å². The Labute approximate surface area is 117 Å². The van der Waals surface area contributed by atoms with Gasteiger partial charge in [-0.1, -0.05) is 30.3 Å². The highest BCUT2D eigenvalue weighted by Crippen LogP contribution is 2.24. The Balaban J connectivity index is 2.35. The molecule has 0 aliphatic carbocycles. The average molecular weight is 300 g/mol. The van der Waals surface area contributed by atoms with E-state index in [2.05, 4.69) is 14.9 Å². The van der Waals surface area contributed by atoms with Gasteiger partial charge in [-0.25, -0.2) is 8.42 Å². The summed E-state index contributed by atoms with van der Waals surface area (Å²) in [5.74, 6) is 0.115. The maximum Gasteiger partial charge on any atom is 0.258 e. The van der Waals surface area contributed by atoms with Gasteiger partial charge in [-0.2, -0.15) is 9.82 Å². The Hall–Kier alpha value is -1.37. The number of aromatic nitrogens is 2. The number of benzene rings is 1. The molecule has 0 radical (unpaired) electrons. The molecule has 1 atom stereocenters. The molecule has 0 bridgehead atoms. The average Bonchev–Trinajstić information content (AvgIpc) is 2.94. The number of hydrogen-bond donors (Lipinski definition) is 2. The molecule has 2 N–H and O–H groups in total. The van der Waals surface area contributed by atoms with Crippen LogP contribution in [0.25, 0.3) is 0 Å². The highest BCUT2D eigenvalue weighted by molar-refractivity contribution is 7.89. The first-order valence-corrected chi connectivity index (χ1v) is 7.64. The van der Waals surface area contributed by atoms with E-state index in [9.17, 15) is 8.42 Å². The van der Waals surface area contributed by atoms with E-state index in [1.54, 1.807) is 6.92 Å². The number of H-pyrrole nitrogens is 1. The first-order valence-electron chi connectivity index (χ1n) is 5.63. The number of alkyl halides is 1. The molecular formula is C12H14ClN3O2S. The summed E-state index contributed by atoms with van der Waals surface area (Å²) in [7, 11) is -3.69. The van der Waals surface area contributed by atoms with E-state index in [4.69, 9.17) is 11.6 Å². The van der Waals surface area contributed by atoms with Gasteiger partial charge >= 0.3 is 0 Å². The van der Waals surface area contributed by atoms with Crippen molar-refractivity contribution >= 4 is 21.6 Å². The molecule has 0 aliphatic heterocycles. The Morgan fingerprint density at radius 2 is 2.00 bits per heavy atom. The fourth-order valence-corrected chi connectivity index (χ4v) is 3.32. The minimum absolute atomic E-state index is 0.0137. The summed E-state index contributed by atoms with van der Waals surface area (Å²) in [6.07, 6.45) is 1.38. The number of halogens is 1. The lowest BCUT2D eigenvalue weighted by molar-refractivity contribution is 0.475. The van der Waals surface area contributed by atoms with Gasteiger partial charge in [-0.05, 0) is 18.6 Å². The fourth-order valence-electron chi connectivity index (χ4n) is 1.71. The number of sulfonamides is 1. The van der Waals surface area contributed by atoms with Crippen LogP contribution >= 0.6 is 11.6 Å². The Morgan fingerprint density at radius 3 is 2.53 bits per heavy atom. The van der Waals surface area contributed by atoms with E-state index in [-0.39, 0.29) is 10.9 Å². The first-order chi connectivity index (χ1) is 8.98. The second-order valence-corrected chi connectivity index (χ2v) is 6.28. The van der Waals surface area contributed by atoms with E-state index in [0.29, 0.717) is 0 Å². The van der Waals surface area contributed by atoms with Gasteiger partial charge in [-0.3, -0.25) is 5.10 Å². The highest BCUT2D eigenvalue weighted by Gasteiger charge is 2.32.